The molecule has 0 atom stereocenters. The molecule has 0 aliphatic heterocycles. The van der Waals surface area contributed by atoms with Crippen LogP contribution in [-0.2, 0) is 14.9 Å². The summed E-state index contributed by atoms with van der Waals surface area (Å²) in [6.45, 7) is 0.368. The van der Waals surface area contributed by atoms with Gasteiger partial charge in [-0.3, -0.25) is 0 Å². The van der Waals surface area contributed by atoms with Crippen LogP contribution in [0.3, 0.4) is 0 Å². The van der Waals surface area contributed by atoms with Crippen molar-refractivity contribution >= 4 is 11.3 Å². The summed E-state index contributed by atoms with van der Waals surface area (Å²) in [6, 6.07) is 2.87. The molecule has 0 radical (unpaired) electrons. The first kappa shape index (κ1) is 15.0. The molecule has 0 aromatic carbocycles. The van der Waals surface area contributed by atoms with Crippen molar-refractivity contribution in [3.8, 4) is 0 Å². The minimum absolute atomic E-state index is 0.0266. The summed E-state index contributed by atoms with van der Waals surface area (Å²) in [4.78, 5) is 0. The van der Waals surface area contributed by atoms with Gasteiger partial charge >= 0.3 is 0 Å². The molecule has 3 aliphatic carbocycles. The summed E-state index contributed by atoms with van der Waals surface area (Å²) in [5, 5.41) is 13.8. The lowest BCUT2D eigenvalue weighted by atomic mass is 9.62. The Morgan fingerprint density at radius 2 is 2.08 bits per heavy atom. The van der Waals surface area contributed by atoms with Gasteiger partial charge < -0.3 is 14.0 Å². The van der Waals surface area contributed by atoms with E-state index in [0.717, 1.165) is 12.8 Å². The van der Waals surface area contributed by atoms with Crippen LogP contribution in [0.1, 0.15) is 67.7 Å². The number of rotatable bonds is 7. The third-order valence-electron chi connectivity index (χ3n) is 5.65. The Labute approximate surface area is 146 Å². The summed E-state index contributed by atoms with van der Waals surface area (Å²) in [7, 11) is 1.68. The van der Waals surface area contributed by atoms with Gasteiger partial charge in [-0.05, 0) is 60.9 Å². The van der Waals surface area contributed by atoms with Crippen LogP contribution in [0, 0.1) is 0 Å². The Bertz CT molecular complexity index is 713. The lowest BCUT2D eigenvalue weighted by Gasteiger charge is -2.46. The predicted octanol–water partition coefficient (Wildman–Crippen LogP) is 3.62. The highest BCUT2D eigenvalue weighted by molar-refractivity contribution is 7.08. The maximum Gasteiger partial charge on any atom is 0.146 e. The molecule has 0 spiro atoms. The van der Waals surface area contributed by atoms with E-state index in [-0.39, 0.29) is 11.5 Å². The van der Waals surface area contributed by atoms with Gasteiger partial charge in [0.15, 0.2) is 0 Å². The number of aromatic nitrogens is 3. The smallest absolute Gasteiger partial charge is 0.146 e. The van der Waals surface area contributed by atoms with E-state index in [0.29, 0.717) is 18.8 Å². The molecule has 3 aliphatic rings. The summed E-state index contributed by atoms with van der Waals surface area (Å²) in [6.07, 6.45) is 7.29. The van der Waals surface area contributed by atoms with Crippen LogP contribution in [0.25, 0.3) is 0 Å². The molecule has 6 heteroatoms. The lowest BCUT2D eigenvalue weighted by molar-refractivity contribution is -0.116. The van der Waals surface area contributed by atoms with E-state index < -0.39 is 0 Å². The first-order chi connectivity index (χ1) is 11.8. The second-order valence-corrected chi connectivity index (χ2v) is 8.23. The molecule has 0 saturated heterocycles. The quantitative estimate of drug-likeness (QED) is 0.719. The van der Waals surface area contributed by atoms with Gasteiger partial charge in [0.1, 0.15) is 18.4 Å². The van der Waals surface area contributed by atoms with E-state index >= 15 is 0 Å². The van der Waals surface area contributed by atoms with Crippen molar-refractivity contribution in [1.82, 2.24) is 14.8 Å². The van der Waals surface area contributed by atoms with Crippen molar-refractivity contribution in [2.24, 2.45) is 0 Å². The molecular weight excluding hydrogens is 322 g/mol. The van der Waals surface area contributed by atoms with E-state index in [1.54, 1.807) is 18.4 Å². The molecule has 2 aromatic heterocycles. The molecule has 3 saturated carbocycles. The van der Waals surface area contributed by atoms with Crippen LogP contribution in [0.2, 0.25) is 0 Å². The number of hydrogen-bond donors (Lipinski definition) is 0. The van der Waals surface area contributed by atoms with Crippen molar-refractivity contribution < 1.29 is 9.47 Å². The van der Waals surface area contributed by atoms with Crippen LogP contribution in [0.15, 0.2) is 16.8 Å². The SMILES string of the molecule is COCO[C@H]1C[C@@](c2ccsc2)(c2nnc(C3CC3)n2C2CC2)C1. The first-order valence-corrected chi connectivity index (χ1v) is 9.84. The average molecular weight is 345 g/mol. The van der Waals surface area contributed by atoms with Crippen LogP contribution >= 0.6 is 11.3 Å². The first-order valence-electron chi connectivity index (χ1n) is 8.90. The van der Waals surface area contributed by atoms with Gasteiger partial charge in [0.05, 0.1) is 11.5 Å². The van der Waals surface area contributed by atoms with Crippen LogP contribution < -0.4 is 0 Å². The third-order valence-corrected chi connectivity index (χ3v) is 6.34. The Morgan fingerprint density at radius 1 is 1.25 bits per heavy atom. The van der Waals surface area contributed by atoms with E-state index in [1.807, 2.05) is 0 Å². The predicted molar refractivity (Wildman–Crippen MR) is 91.4 cm³/mol. The number of thiophene rings is 1. The molecule has 5 rings (SSSR count). The second-order valence-electron chi connectivity index (χ2n) is 7.45. The van der Waals surface area contributed by atoms with E-state index in [2.05, 4.69) is 26.5 Å². The molecule has 0 amide bonds. The molecule has 0 bridgehead atoms. The van der Waals surface area contributed by atoms with Crippen molar-refractivity contribution in [3.05, 3.63) is 34.0 Å². The summed E-state index contributed by atoms with van der Waals surface area (Å²) < 4.78 is 13.4. The minimum atomic E-state index is -0.0266. The van der Waals surface area contributed by atoms with E-state index in [9.17, 15) is 0 Å². The Hall–Kier alpha value is -1.24. The summed E-state index contributed by atoms with van der Waals surface area (Å²) in [5.74, 6) is 3.07. The van der Waals surface area contributed by atoms with Gasteiger partial charge in [0.2, 0.25) is 0 Å². The highest BCUT2D eigenvalue weighted by atomic mass is 32.1. The Morgan fingerprint density at radius 3 is 2.71 bits per heavy atom. The monoisotopic (exact) mass is 345 g/mol. The van der Waals surface area contributed by atoms with Crippen molar-refractivity contribution in [2.45, 2.75) is 62.0 Å². The van der Waals surface area contributed by atoms with Gasteiger partial charge in [-0.1, -0.05) is 0 Å². The average Bonchev–Trinajstić information content (AvgIpc) is 3.49. The fraction of sp³-hybridized carbons (Fsp3) is 0.667. The van der Waals surface area contributed by atoms with Crippen molar-refractivity contribution in [2.75, 3.05) is 13.9 Å². The minimum Gasteiger partial charge on any atom is -0.359 e. The van der Waals surface area contributed by atoms with E-state index in [1.165, 1.54) is 42.9 Å². The molecule has 0 N–H and O–H groups in total. The zero-order valence-corrected chi connectivity index (χ0v) is 14.8. The molecule has 24 heavy (non-hydrogen) atoms. The van der Waals surface area contributed by atoms with Crippen molar-refractivity contribution in [3.63, 3.8) is 0 Å². The van der Waals surface area contributed by atoms with Crippen LogP contribution in [0.5, 0.6) is 0 Å². The van der Waals surface area contributed by atoms with Gasteiger partial charge in [-0.15, -0.1) is 10.2 Å². The molecule has 5 nitrogen and oxygen atoms in total. The van der Waals surface area contributed by atoms with Gasteiger partial charge in [0.25, 0.3) is 0 Å². The normalized spacial score (nSPS) is 29.6. The summed E-state index contributed by atoms with van der Waals surface area (Å²) in [5.41, 5.74) is 1.35. The fourth-order valence-electron chi connectivity index (χ4n) is 4.03. The highest BCUT2D eigenvalue weighted by Gasteiger charge is 2.53. The highest BCUT2D eigenvalue weighted by Crippen LogP contribution is 2.54. The topological polar surface area (TPSA) is 49.2 Å². The largest absolute Gasteiger partial charge is 0.359 e. The maximum atomic E-state index is 5.81. The third kappa shape index (κ3) is 2.35. The lowest BCUT2D eigenvalue weighted by Crippen LogP contribution is -2.48. The standard InChI is InChI=1S/C18H23N3O2S/c1-22-11-23-15-8-18(9-15,13-6-7-24-10-13)17-20-19-16(12-2-3-12)21(17)14-4-5-14/h6-7,10,12,14-15H,2-5,8-9,11H2,1H3/t15-,18+. The number of nitrogens with zero attached hydrogens (tertiary/aromatic N) is 3. The van der Waals surface area contributed by atoms with Gasteiger partial charge in [-0.2, -0.15) is 11.3 Å². The molecule has 3 fully saturated rings. The van der Waals surface area contributed by atoms with Crippen LogP contribution in [-0.4, -0.2) is 34.8 Å². The zero-order chi connectivity index (χ0) is 16.1. The Balaban J connectivity index is 1.52. The molecule has 128 valence electrons. The maximum absolute atomic E-state index is 5.81. The zero-order valence-electron chi connectivity index (χ0n) is 14.0. The second kappa shape index (κ2) is 5.64. The number of methoxy groups -OCH3 is 1. The van der Waals surface area contributed by atoms with Gasteiger partial charge in [0, 0.05) is 19.1 Å². The molecule has 0 unspecified atom stereocenters. The van der Waals surface area contributed by atoms with Gasteiger partial charge in [-0.25, -0.2) is 0 Å². The van der Waals surface area contributed by atoms with E-state index in [4.69, 9.17) is 14.6 Å². The van der Waals surface area contributed by atoms with Crippen LogP contribution in [0.4, 0.5) is 0 Å². The number of ether oxygens (including phenoxy) is 2. The summed E-state index contributed by atoms with van der Waals surface area (Å²) >= 11 is 1.76. The number of hydrogen-bond acceptors (Lipinski definition) is 5. The molecule has 2 aromatic rings. The molecular formula is C18H23N3O2S. The van der Waals surface area contributed by atoms with Crippen molar-refractivity contribution in [1.29, 1.82) is 0 Å². The molecule has 2 heterocycles. The Kier molecular flexibility index (Phi) is 3.54. The fourth-order valence-corrected chi connectivity index (χ4v) is 4.78.